The van der Waals surface area contributed by atoms with E-state index in [9.17, 15) is 4.79 Å². The molecule has 0 spiro atoms. The molecular weight excluding hydrogens is 216 g/mol. The maximum absolute atomic E-state index is 11.2. The zero-order valence-electron chi connectivity index (χ0n) is 10.1. The molecule has 0 saturated heterocycles. The second-order valence-electron chi connectivity index (χ2n) is 3.86. The molecule has 2 rings (SSSR count). The van der Waals surface area contributed by atoms with Gasteiger partial charge in [0.25, 0.3) is 0 Å². The lowest BCUT2D eigenvalue weighted by atomic mass is 10.3. The average molecular weight is 232 g/mol. The van der Waals surface area contributed by atoms with Crippen molar-refractivity contribution in [1.82, 2.24) is 14.3 Å². The zero-order chi connectivity index (χ0) is 12.3. The molecule has 5 nitrogen and oxygen atoms in total. The van der Waals surface area contributed by atoms with E-state index in [2.05, 4.69) is 17.3 Å². The third-order valence-electron chi connectivity index (χ3n) is 2.66. The number of nitrogens with one attached hydrogen (secondary N) is 1. The molecule has 0 amide bonds. The van der Waals surface area contributed by atoms with E-state index in [4.69, 9.17) is 0 Å². The monoisotopic (exact) mass is 232 g/mol. The zero-order valence-corrected chi connectivity index (χ0v) is 10.1. The number of pyridine rings is 1. The molecule has 0 saturated carbocycles. The van der Waals surface area contributed by atoms with Gasteiger partial charge in [-0.25, -0.2) is 0 Å². The van der Waals surface area contributed by atoms with Gasteiger partial charge in [0.15, 0.2) is 0 Å². The van der Waals surface area contributed by atoms with Crippen LogP contribution in [0, 0.1) is 0 Å². The Balaban J connectivity index is 2.07. The fourth-order valence-electron chi connectivity index (χ4n) is 1.69. The largest absolute Gasteiger partial charge is 0.378 e. The van der Waals surface area contributed by atoms with Crippen molar-refractivity contribution in [3.8, 4) is 0 Å². The minimum Gasteiger partial charge on any atom is -0.378 e. The van der Waals surface area contributed by atoms with Crippen molar-refractivity contribution in [3.63, 3.8) is 0 Å². The minimum absolute atomic E-state index is 0.00542. The van der Waals surface area contributed by atoms with E-state index < -0.39 is 0 Å². The molecule has 0 fully saturated rings. The van der Waals surface area contributed by atoms with E-state index in [-0.39, 0.29) is 5.56 Å². The van der Waals surface area contributed by atoms with Gasteiger partial charge in [0.2, 0.25) is 5.56 Å². The summed E-state index contributed by atoms with van der Waals surface area (Å²) in [5, 5.41) is 7.47. The van der Waals surface area contributed by atoms with Crippen molar-refractivity contribution in [1.29, 1.82) is 0 Å². The van der Waals surface area contributed by atoms with Gasteiger partial charge >= 0.3 is 0 Å². The smallest absolute Gasteiger partial charge is 0.250 e. The lowest BCUT2D eigenvalue weighted by molar-refractivity contribution is 0.627. The van der Waals surface area contributed by atoms with E-state index in [1.54, 1.807) is 36.1 Å². The fourth-order valence-corrected chi connectivity index (χ4v) is 1.69. The molecule has 0 unspecified atom stereocenters. The van der Waals surface area contributed by atoms with Crippen LogP contribution in [-0.2, 0) is 20.1 Å². The van der Waals surface area contributed by atoms with Crippen molar-refractivity contribution in [2.45, 2.75) is 20.0 Å². The molecule has 0 radical (unpaired) electrons. The summed E-state index contributed by atoms with van der Waals surface area (Å²) < 4.78 is 3.49. The first-order valence-electron chi connectivity index (χ1n) is 5.62. The van der Waals surface area contributed by atoms with Crippen molar-refractivity contribution in [2.24, 2.45) is 7.05 Å². The van der Waals surface area contributed by atoms with Crippen molar-refractivity contribution in [2.75, 3.05) is 5.32 Å². The number of anilines is 1. The lowest BCUT2D eigenvalue weighted by Gasteiger charge is -2.08. The predicted octanol–water partition coefficient (Wildman–Crippen LogP) is 1.21. The van der Waals surface area contributed by atoms with E-state index in [0.717, 1.165) is 17.9 Å². The molecule has 0 aliphatic heterocycles. The van der Waals surface area contributed by atoms with Gasteiger partial charge in [-0.1, -0.05) is 0 Å². The number of hydrogen-bond acceptors (Lipinski definition) is 3. The summed E-state index contributed by atoms with van der Waals surface area (Å²) in [6.45, 7) is 3.62. The number of aryl methyl sites for hydroxylation is 2. The highest BCUT2D eigenvalue weighted by Gasteiger charge is 2.00. The Kier molecular flexibility index (Phi) is 3.27. The lowest BCUT2D eigenvalue weighted by Crippen LogP contribution is -2.15. The van der Waals surface area contributed by atoms with E-state index in [1.807, 2.05) is 10.7 Å². The molecule has 17 heavy (non-hydrogen) atoms. The van der Waals surface area contributed by atoms with Crippen LogP contribution in [0.3, 0.4) is 0 Å². The molecule has 2 heterocycles. The summed E-state index contributed by atoms with van der Waals surface area (Å²) in [5.41, 5.74) is 2.05. The second kappa shape index (κ2) is 4.86. The second-order valence-corrected chi connectivity index (χ2v) is 3.86. The number of rotatable bonds is 4. The molecule has 1 N–H and O–H groups in total. The van der Waals surface area contributed by atoms with Crippen LogP contribution >= 0.6 is 0 Å². The number of hydrogen-bond donors (Lipinski definition) is 1. The Labute approximate surface area is 99.7 Å². The van der Waals surface area contributed by atoms with Crippen LogP contribution in [0.1, 0.15) is 12.6 Å². The summed E-state index contributed by atoms with van der Waals surface area (Å²) in [6, 6.07) is 5.33. The quantitative estimate of drug-likeness (QED) is 0.862. The summed E-state index contributed by atoms with van der Waals surface area (Å²) in [7, 11) is 1.74. The number of nitrogens with zero attached hydrogens (tertiary/aromatic N) is 3. The third kappa shape index (κ3) is 2.55. The first-order chi connectivity index (χ1) is 8.20. The van der Waals surface area contributed by atoms with Gasteiger partial charge in [0.1, 0.15) is 0 Å². The normalized spacial score (nSPS) is 10.5. The van der Waals surface area contributed by atoms with Gasteiger partial charge in [0, 0.05) is 32.1 Å². The Hall–Kier alpha value is -2.04. The molecular formula is C12H16N4O. The fraction of sp³-hybridized carbons (Fsp3) is 0.333. The van der Waals surface area contributed by atoms with E-state index in [0.29, 0.717) is 6.54 Å². The van der Waals surface area contributed by atoms with Crippen LogP contribution in [0.15, 0.2) is 35.4 Å². The van der Waals surface area contributed by atoms with Crippen molar-refractivity contribution in [3.05, 3.63) is 46.6 Å². The molecule has 0 atom stereocenters. The van der Waals surface area contributed by atoms with E-state index in [1.165, 1.54) is 0 Å². The Bertz CT molecular complexity index is 556. The van der Waals surface area contributed by atoms with Gasteiger partial charge < -0.3 is 9.88 Å². The van der Waals surface area contributed by atoms with Crippen LogP contribution in [-0.4, -0.2) is 14.3 Å². The van der Waals surface area contributed by atoms with Gasteiger partial charge in [-0.2, -0.15) is 5.10 Å². The molecule has 2 aromatic heterocycles. The SMILES string of the molecule is CCn1nccc1CNc1ccc(=O)n(C)c1. The molecule has 0 aliphatic rings. The average Bonchev–Trinajstić information content (AvgIpc) is 2.78. The van der Waals surface area contributed by atoms with E-state index >= 15 is 0 Å². The molecule has 5 heteroatoms. The maximum Gasteiger partial charge on any atom is 0.250 e. The summed E-state index contributed by atoms with van der Waals surface area (Å²) in [4.78, 5) is 11.2. The van der Waals surface area contributed by atoms with Gasteiger partial charge in [0.05, 0.1) is 17.9 Å². The van der Waals surface area contributed by atoms with Crippen LogP contribution in [0.5, 0.6) is 0 Å². The van der Waals surface area contributed by atoms with Crippen LogP contribution in [0.2, 0.25) is 0 Å². The number of aromatic nitrogens is 3. The predicted molar refractivity (Wildman–Crippen MR) is 66.9 cm³/mol. The maximum atomic E-state index is 11.2. The molecule has 2 aromatic rings. The van der Waals surface area contributed by atoms with Crippen molar-refractivity contribution >= 4 is 5.69 Å². The first-order valence-corrected chi connectivity index (χ1v) is 5.62. The standard InChI is InChI=1S/C12H16N4O/c1-3-16-11(6-7-14-16)8-13-10-4-5-12(17)15(2)9-10/h4-7,9,13H,3,8H2,1-2H3. The minimum atomic E-state index is -0.00542. The molecule has 0 aromatic carbocycles. The summed E-state index contributed by atoms with van der Waals surface area (Å²) >= 11 is 0. The van der Waals surface area contributed by atoms with Gasteiger partial charge in [-0.05, 0) is 19.1 Å². The first kappa shape index (κ1) is 11.4. The van der Waals surface area contributed by atoms with Crippen LogP contribution < -0.4 is 10.9 Å². The summed E-state index contributed by atoms with van der Waals surface area (Å²) in [6.07, 6.45) is 3.58. The highest BCUT2D eigenvalue weighted by atomic mass is 16.1. The molecule has 0 aliphatic carbocycles. The summed E-state index contributed by atoms with van der Waals surface area (Å²) in [5.74, 6) is 0. The van der Waals surface area contributed by atoms with Gasteiger partial charge in [-0.3, -0.25) is 9.48 Å². The van der Waals surface area contributed by atoms with Crippen molar-refractivity contribution < 1.29 is 0 Å². The molecule has 90 valence electrons. The Morgan fingerprint density at radius 3 is 2.88 bits per heavy atom. The Morgan fingerprint density at radius 2 is 2.18 bits per heavy atom. The third-order valence-corrected chi connectivity index (χ3v) is 2.66. The van der Waals surface area contributed by atoms with Crippen LogP contribution in [0.25, 0.3) is 0 Å². The topological polar surface area (TPSA) is 51.9 Å². The molecule has 0 bridgehead atoms. The van der Waals surface area contributed by atoms with Crippen LogP contribution in [0.4, 0.5) is 5.69 Å². The highest BCUT2D eigenvalue weighted by molar-refractivity contribution is 5.40. The highest BCUT2D eigenvalue weighted by Crippen LogP contribution is 2.06. The Morgan fingerprint density at radius 1 is 1.35 bits per heavy atom. The van der Waals surface area contributed by atoms with Gasteiger partial charge in [-0.15, -0.1) is 0 Å².